The third kappa shape index (κ3) is 4.46. The molecule has 1 N–H and O–H groups in total. The minimum absolute atomic E-state index is 0.204. The lowest BCUT2D eigenvalue weighted by atomic mass is 9.89. The van der Waals surface area contributed by atoms with E-state index in [4.69, 9.17) is 0 Å². The van der Waals surface area contributed by atoms with E-state index in [1.807, 2.05) is 24.9 Å². The standard InChI is InChI=1S/C24H31N3O2S/c1-3-26(2)15-16-30(28,29)27-13-11-20(12-14-27)23-18-25-24-10-9-21(17-22(23)24)19-7-5-4-6-8-19/h4-10,17-18,20,25H,3,11-16H2,1-2H3. The summed E-state index contributed by atoms with van der Waals surface area (Å²) in [4.78, 5) is 5.45. The molecule has 160 valence electrons. The SMILES string of the molecule is CCN(C)CCS(=O)(=O)N1CCC(c2c[nH]c3ccc(-c4ccccc4)cc23)CC1. The fourth-order valence-corrected chi connectivity index (χ4v) is 5.86. The fraction of sp³-hybridized carbons (Fsp3) is 0.417. The average molecular weight is 426 g/mol. The van der Waals surface area contributed by atoms with Crippen LogP contribution in [0, 0.1) is 0 Å². The monoisotopic (exact) mass is 425 g/mol. The first-order valence-corrected chi connectivity index (χ1v) is 12.4. The number of hydrogen-bond acceptors (Lipinski definition) is 3. The van der Waals surface area contributed by atoms with E-state index < -0.39 is 10.0 Å². The van der Waals surface area contributed by atoms with Gasteiger partial charge in [-0.05, 0) is 61.2 Å². The number of hydrogen-bond donors (Lipinski definition) is 1. The van der Waals surface area contributed by atoms with Crippen molar-refractivity contribution < 1.29 is 8.42 Å². The van der Waals surface area contributed by atoms with E-state index in [0.29, 0.717) is 25.6 Å². The van der Waals surface area contributed by atoms with Crippen molar-refractivity contribution in [3.8, 4) is 11.1 Å². The van der Waals surface area contributed by atoms with Crippen LogP contribution < -0.4 is 0 Å². The van der Waals surface area contributed by atoms with Crippen molar-refractivity contribution >= 4 is 20.9 Å². The van der Waals surface area contributed by atoms with Gasteiger partial charge < -0.3 is 9.88 Å². The summed E-state index contributed by atoms with van der Waals surface area (Å²) < 4.78 is 27.1. The fourth-order valence-electron chi connectivity index (χ4n) is 4.29. The Kier molecular flexibility index (Phi) is 6.27. The number of nitrogens with zero attached hydrogens (tertiary/aromatic N) is 2. The molecule has 0 aliphatic carbocycles. The molecule has 4 rings (SSSR count). The summed E-state index contributed by atoms with van der Waals surface area (Å²) >= 11 is 0. The smallest absolute Gasteiger partial charge is 0.215 e. The molecule has 0 spiro atoms. The summed E-state index contributed by atoms with van der Waals surface area (Å²) in [6, 6.07) is 17.0. The Morgan fingerprint density at radius 1 is 1.07 bits per heavy atom. The Morgan fingerprint density at radius 3 is 2.50 bits per heavy atom. The van der Waals surface area contributed by atoms with E-state index in [1.165, 1.54) is 22.1 Å². The number of aromatic amines is 1. The summed E-state index contributed by atoms with van der Waals surface area (Å²) in [5.74, 6) is 0.588. The average Bonchev–Trinajstić information content (AvgIpc) is 3.21. The Morgan fingerprint density at radius 2 is 1.80 bits per heavy atom. The molecule has 1 saturated heterocycles. The van der Waals surface area contributed by atoms with E-state index >= 15 is 0 Å². The van der Waals surface area contributed by atoms with Crippen molar-refractivity contribution in [2.75, 3.05) is 39.0 Å². The predicted octanol–water partition coefficient (Wildman–Crippen LogP) is 4.30. The molecule has 2 heterocycles. The van der Waals surface area contributed by atoms with Gasteiger partial charge in [0.15, 0.2) is 0 Å². The molecule has 30 heavy (non-hydrogen) atoms. The van der Waals surface area contributed by atoms with Gasteiger partial charge in [0.1, 0.15) is 0 Å². The molecule has 1 aliphatic heterocycles. The number of aromatic nitrogens is 1. The van der Waals surface area contributed by atoms with Gasteiger partial charge in [0.05, 0.1) is 5.75 Å². The minimum Gasteiger partial charge on any atom is -0.361 e. The maximum Gasteiger partial charge on any atom is 0.215 e. The van der Waals surface area contributed by atoms with E-state index in [1.54, 1.807) is 4.31 Å². The molecular formula is C24H31N3O2S. The van der Waals surface area contributed by atoms with E-state index in [2.05, 4.69) is 53.6 Å². The Balaban J connectivity index is 1.48. The van der Waals surface area contributed by atoms with Crippen LogP contribution in [0.2, 0.25) is 0 Å². The lowest BCUT2D eigenvalue weighted by Crippen LogP contribution is -2.41. The highest BCUT2D eigenvalue weighted by atomic mass is 32.2. The van der Waals surface area contributed by atoms with Gasteiger partial charge in [-0.3, -0.25) is 0 Å². The zero-order valence-corrected chi connectivity index (χ0v) is 18.7. The number of benzene rings is 2. The number of rotatable bonds is 7. The van der Waals surface area contributed by atoms with Crippen LogP contribution in [0.15, 0.2) is 54.7 Å². The zero-order chi connectivity index (χ0) is 21.1. The molecule has 0 saturated carbocycles. The van der Waals surface area contributed by atoms with Crippen molar-refractivity contribution in [1.29, 1.82) is 0 Å². The molecule has 1 aromatic heterocycles. The third-order valence-corrected chi connectivity index (χ3v) is 8.23. The highest BCUT2D eigenvalue weighted by molar-refractivity contribution is 7.89. The van der Waals surface area contributed by atoms with Gasteiger partial charge in [-0.2, -0.15) is 0 Å². The number of H-pyrrole nitrogens is 1. The first kappa shape index (κ1) is 21.1. The molecule has 0 atom stereocenters. The highest BCUT2D eigenvalue weighted by Crippen LogP contribution is 2.35. The number of fused-ring (bicyclic) bond motifs is 1. The first-order chi connectivity index (χ1) is 14.5. The largest absolute Gasteiger partial charge is 0.361 e. The van der Waals surface area contributed by atoms with Crippen LogP contribution in [-0.4, -0.2) is 61.6 Å². The molecule has 1 aliphatic rings. The minimum atomic E-state index is -3.18. The van der Waals surface area contributed by atoms with E-state index in [0.717, 1.165) is 24.9 Å². The van der Waals surface area contributed by atoms with Crippen LogP contribution in [0.1, 0.15) is 31.2 Å². The lowest BCUT2D eigenvalue weighted by molar-refractivity contribution is 0.315. The van der Waals surface area contributed by atoms with Crippen molar-refractivity contribution in [3.05, 3.63) is 60.3 Å². The van der Waals surface area contributed by atoms with E-state index in [-0.39, 0.29) is 5.75 Å². The second kappa shape index (κ2) is 8.92. The van der Waals surface area contributed by atoms with Gasteiger partial charge in [-0.15, -0.1) is 0 Å². The van der Waals surface area contributed by atoms with Crippen molar-refractivity contribution in [3.63, 3.8) is 0 Å². The molecule has 1 fully saturated rings. The van der Waals surface area contributed by atoms with Crippen LogP contribution in [0.4, 0.5) is 0 Å². The second-order valence-corrected chi connectivity index (χ2v) is 10.3. The summed E-state index contributed by atoms with van der Waals surface area (Å²) in [6.07, 6.45) is 3.85. The molecule has 0 radical (unpaired) electrons. The highest BCUT2D eigenvalue weighted by Gasteiger charge is 2.29. The van der Waals surface area contributed by atoms with Crippen LogP contribution in [-0.2, 0) is 10.0 Å². The van der Waals surface area contributed by atoms with Crippen LogP contribution in [0.3, 0.4) is 0 Å². The maximum atomic E-state index is 12.7. The molecule has 0 amide bonds. The topological polar surface area (TPSA) is 56.4 Å². The third-order valence-electron chi connectivity index (χ3n) is 6.38. The van der Waals surface area contributed by atoms with Crippen LogP contribution in [0.25, 0.3) is 22.0 Å². The zero-order valence-electron chi connectivity index (χ0n) is 17.8. The summed E-state index contributed by atoms with van der Waals surface area (Å²) in [5.41, 5.74) is 4.88. The van der Waals surface area contributed by atoms with Gasteiger partial charge in [-0.25, -0.2) is 12.7 Å². The van der Waals surface area contributed by atoms with Crippen molar-refractivity contribution in [2.24, 2.45) is 0 Å². The normalized spacial score (nSPS) is 16.5. The summed E-state index contributed by atoms with van der Waals surface area (Å²) in [6.45, 7) is 4.71. The molecule has 5 nitrogen and oxygen atoms in total. The van der Waals surface area contributed by atoms with Crippen LogP contribution >= 0.6 is 0 Å². The predicted molar refractivity (Wildman–Crippen MR) is 124 cm³/mol. The maximum absolute atomic E-state index is 12.7. The molecule has 0 unspecified atom stereocenters. The molecule has 6 heteroatoms. The molecule has 2 aromatic carbocycles. The molecule has 0 bridgehead atoms. The number of piperidine rings is 1. The number of nitrogens with one attached hydrogen (secondary N) is 1. The van der Waals surface area contributed by atoms with Gasteiger partial charge in [0.25, 0.3) is 0 Å². The van der Waals surface area contributed by atoms with Gasteiger partial charge >= 0.3 is 0 Å². The molecule has 3 aromatic rings. The summed E-state index contributed by atoms with van der Waals surface area (Å²) in [5, 5.41) is 1.25. The lowest BCUT2D eigenvalue weighted by Gasteiger charge is -2.31. The van der Waals surface area contributed by atoms with Gasteiger partial charge in [0, 0.05) is 36.7 Å². The number of sulfonamides is 1. The summed E-state index contributed by atoms with van der Waals surface area (Å²) in [7, 11) is -1.22. The van der Waals surface area contributed by atoms with E-state index in [9.17, 15) is 8.42 Å². The first-order valence-electron chi connectivity index (χ1n) is 10.8. The Hall–Kier alpha value is -2.15. The van der Waals surface area contributed by atoms with Crippen molar-refractivity contribution in [1.82, 2.24) is 14.2 Å². The quantitative estimate of drug-likeness (QED) is 0.614. The Bertz CT molecular complexity index is 1080. The Labute approximate surface area is 179 Å². The molecular weight excluding hydrogens is 394 g/mol. The van der Waals surface area contributed by atoms with Gasteiger partial charge in [-0.1, -0.05) is 43.3 Å². The second-order valence-electron chi connectivity index (χ2n) is 8.26. The van der Waals surface area contributed by atoms with Crippen molar-refractivity contribution in [2.45, 2.75) is 25.7 Å². The van der Waals surface area contributed by atoms with Gasteiger partial charge in [0.2, 0.25) is 10.0 Å². The van der Waals surface area contributed by atoms with Crippen LogP contribution in [0.5, 0.6) is 0 Å².